The highest BCUT2D eigenvalue weighted by molar-refractivity contribution is 9.10. The molecule has 0 fully saturated rings. The second kappa shape index (κ2) is 5.07. The van der Waals surface area contributed by atoms with Crippen molar-refractivity contribution in [2.45, 2.75) is 6.54 Å². The van der Waals surface area contributed by atoms with Crippen LogP contribution in [-0.4, -0.2) is 7.11 Å². The van der Waals surface area contributed by atoms with Crippen molar-refractivity contribution in [3.8, 4) is 5.75 Å². The van der Waals surface area contributed by atoms with Gasteiger partial charge in [-0.05, 0) is 34.1 Å². The van der Waals surface area contributed by atoms with Gasteiger partial charge in [0, 0.05) is 23.9 Å². The van der Waals surface area contributed by atoms with Crippen LogP contribution in [0.15, 0.2) is 45.7 Å². The quantitative estimate of drug-likeness (QED) is 0.929. The fraction of sp³-hybridized carbons (Fsp3) is 0.167. The van der Waals surface area contributed by atoms with Crippen molar-refractivity contribution in [2.24, 2.45) is 0 Å². The van der Waals surface area contributed by atoms with Crippen molar-refractivity contribution >= 4 is 21.6 Å². The SMILES string of the molecule is COc1cccc(NCc2coc(Br)c2)c1. The van der Waals surface area contributed by atoms with E-state index in [4.69, 9.17) is 9.15 Å². The Labute approximate surface area is 103 Å². The summed E-state index contributed by atoms with van der Waals surface area (Å²) in [6.45, 7) is 0.724. The molecule has 0 amide bonds. The normalized spacial score (nSPS) is 10.1. The Morgan fingerprint density at radius 2 is 2.25 bits per heavy atom. The molecular weight excluding hydrogens is 270 g/mol. The second-order valence-electron chi connectivity index (χ2n) is 3.34. The molecular formula is C12H12BrNO2. The molecule has 0 bridgehead atoms. The maximum absolute atomic E-state index is 5.15. The number of rotatable bonds is 4. The van der Waals surface area contributed by atoms with E-state index < -0.39 is 0 Å². The number of methoxy groups -OCH3 is 1. The van der Waals surface area contributed by atoms with E-state index >= 15 is 0 Å². The first-order valence-corrected chi connectivity index (χ1v) is 5.68. The van der Waals surface area contributed by atoms with E-state index in [1.54, 1.807) is 13.4 Å². The number of benzene rings is 1. The Kier molecular flexibility index (Phi) is 3.51. The molecule has 1 N–H and O–H groups in total. The molecule has 1 aromatic heterocycles. The Morgan fingerprint density at radius 1 is 1.38 bits per heavy atom. The lowest BCUT2D eigenvalue weighted by atomic mass is 10.3. The molecule has 0 aliphatic rings. The van der Waals surface area contributed by atoms with Gasteiger partial charge < -0.3 is 14.5 Å². The van der Waals surface area contributed by atoms with Gasteiger partial charge in [-0.25, -0.2) is 0 Å². The van der Waals surface area contributed by atoms with Crippen LogP contribution in [0.25, 0.3) is 0 Å². The van der Waals surface area contributed by atoms with Crippen LogP contribution in [0.3, 0.4) is 0 Å². The minimum absolute atomic E-state index is 0.724. The van der Waals surface area contributed by atoms with Crippen LogP contribution < -0.4 is 10.1 Å². The molecule has 0 spiro atoms. The van der Waals surface area contributed by atoms with Gasteiger partial charge in [-0.1, -0.05) is 6.07 Å². The van der Waals surface area contributed by atoms with E-state index in [0.29, 0.717) is 0 Å². The summed E-state index contributed by atoms with van der Waals surface area (Å²) in [6.07, 6.45) is 1.72. The van der Waals surface area contributed by atoms with Gasteiger partial charge in [0.15, 0.2) is 4.67 Å². The third-order valence-electron chi connectivity index (χ3n) is 2.19. The van der Waals surface area contributed by atoms with Crippen LogP contribution in [0, 0.1) is 0 Å². The minimum atomic E-state index is 0.724. The third-order valence-corrected chi connectivity index (χ3v) is 2.60. The summed E-state index contributed by atoms with van der Waals surface area (Å²) in [4.78, 5) is 0. The number of hydrogen-bond acceptors (Lipinski definition) is 3. The van der Waals surface area contributed by atoms with Crippen molar-refractivity contribution in [1.29, 1.82) is 0 Å². The maximum atomic E-state index is 5.15. The largest absolute Gasteiger partial charge is 0.497 e. The van der Waals surface area contributed by atoms with E-state index in [9.17, 15) is 0 Å². The lowest BCUT2D eigenvalue weighted by Crippen LogP contribution is -1.98. The highest BCUT2D eigenvalue weighted by Crippen LogP contribution is 2.19. The van der Waals surface area contributed by atoms with Crippen molar-refractivity contribution < 1.29 is 9.15 Å². The first-order chi connectivity index (χ1) is 7.78. The fourth-order valence-corrected chi connectivity index (χ4v) is 1.76. The molecule has 2 aromatic rings. The molecule has 3 nitrogen and oxygen atoms in total. The summed E-state index contributed by atoms with van der Waals surface area (Å²) in [7, 11) is 1.66. The van der Waals surface area contributed by atoms with E-state index in [1.165, 1.54) is 0 Å². The average molecular weight is 282 g/mol. The van der Waals surface area contributed by atoms with E-state index in [1.807, 2.05) is 30.3 Å². The smallest absolute Gasteiger partial charge is 0.169 e. The first kappa shape index (κ1) is 11.1. The van der Waals surface area contributed by atoms with Gasteiger partial charge in [0.1, 0.15) is 5.75 Å². The number of furan rings is 1. The summed E-state index contributed by atoms with van der Waals surface area (Å²) in [5, 5.41) is 3.29. The number of ether oxygens (including phenoxy) is 1. The van der Waals surface area contributed by atoms with Crippen LogP contribution in [0.1, 0.15) is 5.56 Å². The zero-order valence-corrected chi connectivity index (χ0v) is 10.5. The monoisotopic (exact) mass is 281 g/mol. The van der Waals surface area contributed by atoms with E-state index in [0.717, 1.165) is 28.2 Å². The number of nitrogens with one attached hydrogen (secondary N) is 1. The third kappa shape index (κ3) is 2.79. The lowest BCUT2D eigenvalue weighted by molar-refractivity contribution is 0.415. The highest BCUT2D eigenvalue weighted by Gasteiger charge is 1.99. The molecule has 0 aliphatic carbocycles. The van der Waals surface area contributed by atoms with Crippen molar-refractivity contribution in [3.63, 3.8) is 0 Å². The van der Waals surface area contributed by atoms with Crippen molar-refractivity contribution in [2.75, 3.05) is 12.4 Å². The van der Waals surface area contributed by atoms with E-state index in [-0.39, 0.29) is 0 Å². The summed E-state index contributed by atoms with van der Waals surface area (Å²) < 4.78 is 11.0. The summed E-state index contributed by atoms with van der Waals surface area (Å²) >= 11 is 3.27. The Balaban J connectivity index is 1.99. The Hall–Kier alpha value is -1.42. The molecule has 84 valence electrons. The van der Waals surface area contributed by atoms with Crippen LogP contribution in [0.5, 0.6) is 5.75 Å². The number of hydrogen-bond donors (Lipinski definition) is 1. The zero-order valence-electron chi connectivity index (χ0n) is 8.87. The van der Waals surface area contributed by atoms with Gasteiger partial charge >= 0.3 is 0 Å². The van der Waals surface area contributed by atoms with Gasteiger partial charge in [-0.3, -0.25) is 0 Å². The van der Waals surface area contributed by atoms with Crippen LogP contribution in [0.2, 0.25) is 0 Å². The molecule has 4 heteroatoms. The van der Waals surface area contributed by atoms with Gasteiger partial charge in [0.2, 0.25) is 0 Å². The van der Waals surface area contributed by atoms with Gasteiger partial charge in [-0.15, -0.1) is 0 Å². The Bertz CT molecular complexity index is 468. The summed E-state index contributed by atoms with van der Waals surface area (Å²) in [5.41, 5.74) is 2.12. The van der Waals surface area contributed by atoms with Crippen molar-refractivity contribution in [3.05, 3.63) is 46.8 Å². The molecule has 0 aliphatic heterocycles. The molecule has 0 unspecified atom stereocenters. The molecule has 2 rings (SSSR count). The topological polar surface area (TPSA) is 34.4 Å². The van der Waals surface area contributed by atoms with Crippen LogP contribution >= 0.6 is 15.9 Å². The second-order valence-corrected chi connectivity index (χ2v) is 4.13. The minimum Gasteiger partial charge on any atom is -0.497 e. The average Bonchev–Trinajstić information content (AvgIpc) is 2.73. The molecule has 16 heavy (non-hydrogen) atoms. The first-order valence-electron chi connectivity index (χ1n) is 4.89. The molecule has 0 atom stereocenters. The maximum Gasteiger partial charge on any atom is 0.169 e. The molecule has 0 radical (unpaired) electrons. The molecule has 0 saturated heterocycles. The molecule has 0 saturated carbocycles. The number of halogens is 1. The van der Waals surface area contributed by atoms with Gasteiger partial charge in [-0.2, -0.15) is 0 Å². The van der Waals surface area contributed by atoms with E-state index in [2.05, 4.69) is 21.2 Å². The van der Waals surface area contributed by atoms with Crippen LogP contribution in [0.4, 0.5) is 5.69 Å². The van der Waals surface area contributed by atoms with Gasteiger partial charge in [0.25, 0.3) is 0 Å². The molecule has 1 heterocycles. The zero-order chi connectivity index (χ0) is 11.4. The standard InChI is InChI=1S/C12H12BrNO2/c1-15-11-4-2-3-10(6-11)14-7-9-5-12(13)16-8-9/h2-6,8,14H,7H2,1H3. The predicted octanol–water partition coefficient (Wildman–Crippen LogP) is 3.66. The highest BCUT2D eigenvalue weighted by atomic mass is 79.9. The lowest BCUT2D eigenvalue weighted by Gasteiger charge is -2.06. The predicted molar refractivity (Wildman–Crippen MR) is 66.7 cm³/mol. The summed E-state index contributed by atoms with van der Waals surface area (Å²) in [6, 6.07) is 9.76. The van der Waals surface area contributed by atoms with Crippen LogP contribution in [-0.2, 0) is 6.54 Å². The fourth-order valence-electron chi connectivity index (χ4n) is 1.38. The van der Waals surface area contributed by atoms with Crippen molar-refractivity contribution in [1.82, 2.24) is 0 Å². The summed E-state index contributed by atoms with van der Waals surface area (Å²) in [5.74, 6) is 0.846. The Morgan fingerprint density at radius 3 is 2.94 bits per heavy atom. The number of anilines is 1. The molecule has 1 aromatic carbocycles. The van der Waals surface area contributed by atoms with Gasteiger partial charge in [0.05, 0.1) is 13.4 Å².